The second-order valence-corrected chi connectivity index (χ2v) is 6.18. The van der Waals surface area contributed by atoms with Crippen LogP contribution in [0.25, 0.3) is 11.0 Å². The predicted molar refractivity (Wildman–Crippen MR) is 90.5 cm³/mol. The Hall–Kier alpha value is -2.82. The highest BCUT2D eigenvalue weighted by molar-refractivity contribution is 5.98. The van der Waals surface area contributed by atoms with E-state index >= 15 is 0 Å². The number of imidazole rings is 1. The van der Waals surface area contributed by atoms with Crippen molar-refractivity contribution in [3.63, 3.8) is 0 Å². The minimum Gasteiger partial charge on any atom is -0.483 e. The van der Waals surface area contributed by atoms with Crippen LogP contribution in [0.4, 0.5) is 0 Å². The molecule has 0 radical (unpaired) electrons. The summed E-state index contributed by atoms with van der Waals surface area (Å²) in [6, 6.07) is 11.7. The maximum absolute atomic E-state index is 11.7. The molecule has 5 heteroatoms. The van der Waals surface area contributed by atoms with E-state index in [-0.39, 0.29) is 6.10 Å². The molecule has 2 aromatic carbocycles. The Morgan fingerprint density at radius 3 is 2.79 bits per heavy atom. The summed E-state index contributed by atoms with van der Waals surface area (Å²) in [6.07, 6.45) is 1.35. The van der Waals surface area contributed by atoms with Gasteiger partial charge in [-0.3, -0.25) is 0 Å². The number of fused-ring (bicyclic) bond motifs is 3. The van der Waals surface area contributed by atoms with Crippen molar-refractivity contribution in [2.24, 2.45) is 7.05 Å². The van der Waals surface area contributed by atoms with E-state index in [0.29, 0.717) is 17.7 Å². The number of rotatable bonds is 2. The van der Waals surface area contributed by atoms with Crippen molar-refractivity contribution < 1.29 is 14.6 Å². The molecule has 1 aromatic heterocycles. The Morgan fingerprint density at radius 1 is 1.33 bits per heavy atom. The molecule has 0 aliphatic carbocycles. The summed E-state index contributed by atoms with van der Waals surface area (Å²) in [4.78, 5) is 16.3. The van der Waals surface area contributed by atoms with Crippen LogP contribution in [-0.2, 0) is 13.5 Å². The number of nitrogens with zero attached hydrogens (tertiary/aromatic N) is 2. The van der Waals surface area contributed by atoms with Crippen LogP contribution in [0.5, 0.6) is 5.75 Å². The van der Waals surface area contributed by atoms with Crippen molar-refractivity contribution in [2.75, 3.05) is 0 Å². The first-order valence-electron chi connectivity index (χ1n) is 8.00. The summed E-state index contributed by atoms with van der Waals surface area (Å²) in [5.74, 6) is 0.530. The van der Waals surface area contributed by atoms with E-state index in [1.165, 1.54) is 0 Å². The van der Waals surface area contributed by atoms with Crippen LogP contribution in [0.1, 0.15) is 39.8 Å². The van der Waals surface area contributed by atoms with Crippen molar-refractivity contribution >= 4 is 17.0 Å². The van der Waals surface area contributed by atoms with Gasteiger partial charge in [-0.05, 0) is 31.4 Å². The maximum atomic E-state index is 11.7. The molecular weight excluding hydrogens is 304 g/mol. The molecule has 1 aliphatic heterocycles. The lowest BCUT2D eigenvalue weighted by Gasteiger charge is -2.27. The highest BCUT2D eigenvalue weighted by atomic mass is 16.5. The lowest BCUT2D eigenvalue weighted by atomic mass is 9.93. The van der Waals surface area contributed by atoms with Crippen molar-refractivity contribution in [3.05, 3.63) is 58.9 Å². The zero-order valence-corrected chi connectivity index (χ0v) is 13.6. The summed E-state index contributed by atoms with van der Waals surface area (Å²) < 4.78 is 8.15. The van der Waals surface area contributed by atoms with Crippen LogP contribution in [-0.4, -0.2) is 20.6 Å². The first-order chi connectivity index (χ1) is 11.6. The maximum Gasteiger partial charge on any atom is 0.336 e. The largest absolute Gasteiger partial charge is 0.483 e. The van der Waals surface area contributed by atoms with Gasteiger partial charge in [0.05, 0.1) is 11.1 Å². The third kappa shape index (κ3) is 2.16. The number of carboxylic acid groups (broad SMARTS) is 1. The van der Waals surface area contributed by atoms with Gasteiger partial charge in [-0.15, -0.1) is 0 Å². The third-order valence-electron chi connectivity index (χ3n) is 4.78. The number of aryl methyl sites for hydroxylation is 2. The molecule has 0 unspecified atom stereocenters. The number of hydrogen-bond donors (Lipinski definition) is 1. The topological polar surface area (TPSA) is 64.3 Å². The number of carbonyl (C=O) groups is 1. The van der Waals surface area contributed by atoms with E-state index < -0.39 is 5.97 Å². The quantitative estimate of drug-likeness (QED) is 0.782. The molecule has 24 heavy (non-hydrogen) atoms. The van der Waals surface area contributed by atoms with Gasteiger partial charge < -0.3 is 14.4 Å². The molecule has 2 heterocycles. The van der Waals surface area contributed by atoms with Crippen LogP contribution in [0.2, 0.25) is 0 Å². The normalized spacial score (nSPS) is 16.7. The van der Waals surface area contributed by atoms with E-state index in [0.717, 1.165) is 34.4 Å². The Balaban J connectivity index is 1.91. The Morgan fingerprint density at radius 2 is 2.08 bits per heavy atom. The van der Waals surface area contributed by atoms with Gasteiger partial charge in [-0.25, -0.2) is 9.78 Å². The van der Waals surface area contributed by atoms with E-state index in [1.807, 2.05) is 48.9 Å². The summed E-state index contributed by atoms with van der Waals surface area (Å²) in [7, 11) is 1.89. The van der Waals surface area contributed by atoms with Crippen LogP contribution >= 0.6 is 0 Å². The average Bonchev–Trinajstić information content (AvgIpc) is 2.89. The second-order valence-electron chi connectivity index (χ2n) is 6.18. The molecule has 0 saturated heterocycles. The summed E-state index contributed by atoms with van der Waals surface area (Å²) in [5.41, 5.74) is 3.70. The van der Waals surface area contributed by atoms with Gasteiger partial charge in [-0.1, -0.05) is 30.3 Å². The highest BCUT2D eigenvalue weighted by Gasteiger charge is 2.29. The number of ether oxygens (including phenoxy) is 1. The Labute approximate surface area is 139 Å². The number of aromatic nitrogens is 2. The molecular formula is C19H18N2O3. The lowest BCUT2D eigenvalue weighted by molar-refractivity contribution is 0.0693. The van der Waals surface area contributed by atoms with Crippen LogP contribution in [0.15, 0.2) is 36.4 Å². The molecule has 5 nitrogen and oxygen atoms in total. The zero-order chi connectivity index (χ0) is 16.8. The van der Waals surface area contributed by atoms with Crippen molar-refractivity contribution in [1.82, 2.24) is 9.55 Å². The number of hydrogen-bond acceptors (Lipinski definition) is 3. The molecule has 0 saturated carbocycles. The summed E-state index contributed by atoms with van der Waals surface area (Å²) >= 11 is 0. The fourth-order valence-electron chi connectivity index (χ4n) is 3.39. The van der Waals surface area contributed by atoms with E-state index in [2.05, 4.69) is 4.98 Å². The van der Waals surface area contributed by atoms with Gasteiger partial charge in [-0.2, -0.15) is 0 Å². The molecule has 122 valence electrons. The zero-order valence-electron chi connectivity index (χ0n) is 13.6. The molecule has 1 aliphatic rings. The smallest absolute Gasteiger partial charge is 0.336 e. The van der Waals surface area contributed by atoms with Gasteiger partial charge in [0.25, 0.3) is 0 Å². The van der Waals surface area contributed by atoms with E-state index in [4.69, 9.17) is 4.74 Å². The van der Waals surface area contributed by atoms with Crippen LogP contribution in [0.3, 0.4) is 0 Å². The third-order valence-corrected chi connectivity index (χ3v) is 4.78. The van der Waals surface area contributed by atoms with E-state index in [1.54, 1.807) is 6.07 Å². The van der Waals surface area contributed by atoms with Crippen molar-refractivity contribution in [3.8, 4) is 5.75 Å². The molecule has 0 fully saturated rings. The Kier molecular flexibility index (Phi) is 3.30. The SMILES string of the molecule is Cc1nc2c3c(c(C(=O)O)cc2n1C)CC[C@@H](c1ccccc1)O3. The molecule has 0 bridgehead atoms. The molecule has 0 amide bonds. The second kappa shape index (κ2) is 5.37. The molecule has 4 rings (SSSR count). The number of carboxylic acids is 1. The summed E-state index contributed by atoms with van der Waals surface area (Å²) in [5, 5.41) is 9.60. The predicted octanol–water partition coefficient (Wildman–Crippen LogP) is 3.65. The monoisotopic (exact) mass is 322 g/mol. The molecule has 0 spiro atoms. The van der Waals surface area contributed by atoms with Gasteiger partial charge in [0.15, 0.2) is 5.75 Å². The standard InChI is InChI=1S/C19H18N2O3/c1-11-20-17-15(21(11)2)10-14(19(22)23)13-8-9-16(24-18(13)17)12-6-4-3-5-7-12/h3-7,10,16H,8-9H2,1-2H3,(H,22,23)/t16-/m0/s1. The minimum atomic E-state index is -0.922. The number of aromatic carboxylic acids is 1. The average molecular weight is 322 g/mol. The first-order valence-corrected chi connectivity index (χ1v) is 8.00. The number of benzene rings is 2. The van der Waals surface area contributed by atoms with Gasteiger partial charge in [0.1, 0.15) is 17.4 Å². The molecule has 1 atom stereocenters. The van der Waals surface area contributed by atoms with Gasteiger partial charge in [0, 0.05) is 12.6 Å². The van der Waals surface area contributed by atoms with Gasteiger partial charge in [0.2, 0.25) is 0 Å². The van der Waals surface area contributed by atoms with Crippen molar-refractivity contribution in [2.45, 2.75) is 25.9 Å². The van der Waals surface area contributed by atoms with E-state index in [9.17, 15) is 9.90 Å². The highest BCUT2D eigenvalue weighted by Crippen LogP contribution is 2.41. The first kappa shape index (κ1) is 14.8. The fourth-order valence-corrected chi connectivity index (χ4v) is 3.39. The van der Waals surface area contributed by atoms with Crippen LogP contribution < -0.4 is 4.74 Å². The lowest BCUT2D eigenvalue weighted by Crippen LogP contribution is -2.18. The van der Waals surface area contributed by atoms with Gasteiger partial charge >= 0.3 is 5.97 Å². The van der Waals surface area contributed by atoms with Crippen LogP contribution in [0, 0.1) is 6.92 Å². The Bertz CT molecular complexity index is 944. The molecule has 3 aromatic rings. The fraction of sp³-hybridized carbons (Fsp3) is 0.263. The van der Waals surface area contributed by atoms with Crippen molar-refractivity contribution in [1.29, 1.82) is 0 Å². The summed E-state index contributed by atoms with van der Waals surface area (Å²) in [6.45, 7) is 1.91. The minimum absolute atomic E-state index is 0.0757. The molecule has 1 N–H and O–H groups in total.